The molecule has 0 aromatic heterocycles. The van der Waals surface area contributed by atoms with Gasteiger partial charge in [0.25, 0.3) is 0 Å². The molecule has 0 spiro atoms. The first kappa shape index (κ1) is 15.4. The summed E-state index contributed by atoms with van der Waals surface area (Å²) in [7, 11) is 0. The standard InChI is InChI=1S/C14H20FNO3/c1-9(16)7-10-5-4-6-11(15)12(10)19-8-14(2,3)13(17)18/h4-6,9H,7-8,16H2,1-3H3,(H,17,18). The predicted molar refractivity (Wildman–Crippen MR) is 70.7 cm³/mol. The highest BCUT2D eigenvalue weighted by Crippen LogP contribution is 2.26. The third-order valence-corrected chi connectivity index (χ3v) is 2.75. The third kappa shape index (κ3) is 4.21. The van der Waals surface area contributed by atoms with Crippen molar-refractivity contribution >= 4 is 5.97 Å². The summed E-state index contributed by atoms with van der Waals surface area (Å²) in [5.74, 6) is -1.40. The zero-order valence-corrected chi connectivity index (χ0v) is 11.4. The lowest BCUT2D eigenvalue weighted by atomic mass is 9.95. The van der Waals surface area contributed by atoms with Gasteiger partial charge in [-0.25, -0.2) is 4.39 Å². The summed E-state index contributed by atoms with van der Waals surface area (Å²) in [6.45, 7) is 4.77. The second kappa shape index (κ2) is 6.02. The zero-order chi connectivity index (χ0) is 14.6. The second-order valence-electron chi connectivity index (χ2n) is 5.39. The van der Waals surface area contributed by atoms with Crippen LogP contribution in [0.1, 0.15) is 26.3 Å². The molecule has 0 aliphatic rings. The molecule has 0 saturated heterocycles. The van der Waals surface area contributed by atoms with Crippen molar-refractivity contribution in [3.05, 3.63) is 29.6 Å². The Hall–Kier alpha value is -1.62. The molecule has 106 valence electrons. The van der Waals surface area contributed by atoms with Crippen molar-refractivity contribution in [1.82, 2.24) is 0 Å². The molecule has 0 amide bonds. The normalized spacial score (nSPS) is 13.1. The van der Waals surface area contributed by atoms with Crippen molar-refractivity contribution < 1.29 is 19.0 Å². The number of carboxylic acid groups (broad SMARTS) is 1. The number of ether oxygens (including phenoxy) is 1. The van der Waals surface area contributed by atoms with Gasteiger partial charge >= 0.3 is 5.97 Å². The molecule has 0 radical (unpaired) electrons. The van der Waals surface area contributed by atoms with Crippen LogP contribution < -0.4 is 10.5 Å². The fourth-order valence-corrected chi connectivity index (χ4v) is 1.54. The summed E-state index contributed by atoms with van der Waals surface area (Å²) in [5, 5.41) is 9.01. The van der Waals surface area contributed by atoms with Crippen LogP contribution in [0.3, 0.4) is 0 Å². The van der Waals surface area contributed by atoms with Gasteiger partial charge in [0, 0.05) is 6.04 Å². The predicted octanol–water partition coefficient (Wildman–Crippen LogP) is 2.21. The van der Waals surface area contributed by atoms with E-state index < -0.39 is 17.2 Å². The van der Waals surface area contributed by atoms with Gasteiger partial charge in [0.2, 0.25) is 0 Å². The fourth-order valence-electron chi connectivity index (χ4n) is 1.54. The average Bonchev–Trinajstić information content (AvgIpc) is 2.27. The monoisotopic (exact) mass is 269 g/mol. The minimum absolute atomic E-state index is 0.0918. The number of hydrogen-bond donors (Lipinski definition) is 2. The highest BCUT2D eigenvalue weighted by molar-refractivity contribution is 5.73. The molecule has 19 heavy (non-hydrogen) atoms. The Morgan fingerprint density at radius 3 is 2.68 bits per heavy atom. The first-order valence-electron chi connectivity index (χ1n) is 6.13. The molecule has 0 saturated carbocycles. The number of nitrogens with two attached hydrogens (primary N) is 1. The Labute approximate surface area is 112 Å². The summed E-state index contributed by atoms with van der Waals surface area (Å²) in [5.41, 5.74) is 5.28. The Balaban J connectivity index is 2.91. The maximum atomic E-state index is 13.8. The van der Waals surface area contributed by atoms with E-state index >= 15 is 0 Å². The molecule has 0 bridgehead atoms. The van der Waals surface area contributed by atoms with Gasteiger partial charge in [-0.1, -0.05) is 12.1 Å². The molecule has 3 N–H and O–H groups in total. The Kier molecular flexibility index (Phi) is 4.89. The van der Waals surface area contributed by atoms with E-state index in [1.165, 1.54) is 19.9 Å². The van der Waals surface area contributed by atoms with Crippen LogP contribution in [-0.2, 0) is 11.2 Å². The minimum Gasteiger partial charge on any atom is -0.489 e. The largest absolute Gasteiger partial charge is 0.489 e. The molecule has 0 fully saturated rings. The fraction of sp³-hybridized carbons (Fsp3) is 0.500. The molecule has 0 heterocycles. The van der Waals surface area contributed by atoms with Gasteiger partial charge in [-0.2, -0.15) is 0 Å². The van der Waals surface area contributed by atoms with E-state index in [0.717, 1.165) is 0 Å². The molecule has 1 aromatic rings. The van der Waals surface area contributed by atoms with Crippen molar-refractivity contribution in [2.24, 2.45) is 11.1 Å². The van der Waals surface area contributed by atoms with E-state index in [9.17, 15) is 9.18 Å². The number of carbonyl (C=O) groups is 1. The molecule has 1 atom stereocenters. The lowest BCUT2D eigenvalue weighted by molar-refractivity contribution is -0.148. The van der Waals surface area contributed by atoms with E-state index in [1.54, 1.807) is 12.1 Å². The summed E-state index contributed by atoms with van der Waals surface area (Å²) in [6.07, 6.45) is 0.473. The molecule has 1 unspecified atom stereocenters. The van der Waals surface area contributed by atoms with Crippen LogP contribution in [-0.4, -0.2) is 23.7 Å². The number of rotatable bonds is 6. The van der Waals surface area contributed by atoms with Crippen LogP contribution in [0.25, 0.3) is 0 Å². The van der Waals surface area contributed by atoms with Gasteiger partial charge in [0.15, 0.2) is 11.6 Å². The zero-order valence-electron chi connectivity index (χ0n) is 11.4. The molecular formula is C14H20FNO3. The highest BCUT2D eigenvalue weighted by atomic mass is 19.1. The molecule has 4 nitrogen and oxygen atoms in total. The summed E-state index contributed by atoms with van der Waals surface area (Å²) in [4.78, 5) is 11.0. The van der Waals surface area contributed by atoms with Crippen molar-refractivity contribution in [3.63, 3.8) is 0 Å². The van der Waals surface area contributed by atoms with Crippen LogP contribution in [0.5, 0.6) is 5.75 Å². The molecule has 0 aliphatic carbocycles. The molecule has 1 aromatic carbocycles. The number of benzene rings is 1. The van der Waals surface area contributed by atoms with Gasteiger partial charge in [-0.05, 0) is 38.8 Å². The van der Waals surface area contributed by atoms with Crippen molar-refractivity contribution in [2.75, 3.05) is 6.61 Å². The first-order chi connectivity index (χ1) is 8.74. The summed E-state index contributed by atoms with van der Waals surface area (Å²) < 4.78 is 19.1. The highest BCUT2D eigenvalue weighted by Gasteiger charge is 2.29. The van der Waals surface area contributed by atoms with Crippen LogP contribution in [0, 0.1) is 11.2 Å². The maximum absolute atomic E-state index is 13.8. The molecule has 1 rings (SSSR count). The first-order valence-corrected chi connectivity index (χ1v) is 6.13. The van der Waals surface area contributed by atoms with Crippen molar-refractivity contribution in [1.29, 1.82) is 0 Å². The summed E-state index contributed by atoms with van der Waals surface area (Å²) >= 11 is 0. The van der Waals surface area contributed by atoms with Crippen LogP contribution >= 0.6 is 0 Å². The molecular weight excluding hydrogens is 249 g/mol. The van der Waals surface area contributed by atoms with E-state index in [1.807, 2.05) is 6.92 Å². The van der Waals surface area contributed by atoms with E-state index in [2.05, 4.69) is 0 Å². The van der Waals surface area contributed by atoms with Crippen LogP contribution in [0.15, 0.2) is 18.2 Å². The van der Waals surface area contributed by atoms with Gasteiger partial charge in [0.05, 0.1) is 5.41 Å². The lowest BCUT2D eigenvalue weighted by Gasteiger charge is -2.21. The Morgan fingerprint density at radius 1 is 1.53 bits per heavy atom. The SMILES string of the molecule is CC(N)Cc1cccc(F)c1OCC(C)(C)C(=O)O. The van der Waals surface area contributed by atoms with E-state index in [4.69, 9.17) is 15.6 Å². The van der Waals surface area contributed by atoms with E-state index in [-0.39, 0.29) is 18.4 Å². The van der Waals surface area contributed by atoms with Crippen molar-refractivity contribution in [3.8, 4) is 5.75 Å². The summed E-state index contributed by atoms with van der Waals surface area (Å²) in [6, 6.07) is 4.47. The molecule has 0 aliphatic heterocycles. The third-order valence-electron chi connectivity index (χ3n) is 2.75. The number of halogens is 1. The van der Waals surface area contributed by atoms with Gasteiger partial charge in [-0.15, -0.1) is 0 Å². The Morgan fingerprint density at radius 2 is 2.16 bits per heavy atom. The van der Waals surface area contributed by atoms with Gasteiger partial charge < -0.3 is 15.6 Å². The molecule has 5 heteroatoms. The number of aliphatic carboxylic acids is 1. The lowest BCUT2D eigenvalue weighted by Crippen LogP contribution is -2.31. The average molecular weight is 269 g/mol. The van der Waals surface area contributed by atoms with E-state index in [0.29, 0.717) is 12.0 Å². The van der Waals surface area contributed by atoms with Gasteiger partial charge in [0.1, 0.15) is 6.61 Å². The Bertz CT molecular complexity index is 458. The van der Waals surface area contributed by atoms with Gasteiger partial charge in [-0.3, -0.25) is 4.79 Å². The van der Waals surface area contributed by atoms with Crippen LogP contribution in [0.2, 0.25) is 0 Å². The number of hydrogen-bond acceptors (Lipinski definition) is 3. The number of carboxylic acids is 1. The topological polar surface area (TPSA) is 72.5 Å². The number of para-hydroxylation sites is 1. The quantitative estimate of drug-likeness (QED) is 0.830. The van der Waals surface area contributed by atoms with Crippen LogP contribution in [0.4, 0.5) is 4.39 Å². The maximum Gasteiger partial charge on any atom is 0.312 e. The minimum atomic E-state index is -1.08. The smallest absolute Gasteiger partial charge is 0.312 e. The second-order valence-corrected chi connectivity index (χ2v) is 5.39. The van der Waals surface area contributed by atoms with Crippen molar-refractivity contribution in [2.45, 2.75) is 33.2 Å².